The molecule has 4 nitrogen and oxygen atoms in total. The minimum Gasteiger partial charge on any atom is -0.487 e. The monoisotopic (exact) mass is 293 g/mol. The molecule has 0 radical (unpaired) electrons. The summed E-state index contributed by atoms with van der Waals surface area (Å²) in [7, 11) is 1.89. The Morgan fingerprint density at radius 2 is 2.20 bits per heavy atom. The van der Waals surface area contributed by atoms with Crippen molar-refractivity contribution >= 4 is 11.6 Å². The Bertz CT molecular complexity index is 580. The summed E-state index contributed by atoms with van der Waals surface area (Å²) in [5.74, 6) is 0.813. The highest BCUT2D eigenvalue weighted by Gasteiger charge is 2.09. The van der Waals surface area contributed by atoms with Gasteiger partial charge in [0.25, 0.3) is 0 Å². The molecular weight excluding hydrogens is 274 g/mol. The zero-order valence-corrected chi connectivity index (χ0v) is 12.9. The van der Waals surface area contributed by atoms with Crippen LogP contribution in [0.25, 0.3) is 0 Å². The van der Waals surface area contributed by atoms with Gasteiger partial charge in [0.2, 0.25) is 0 Å². The molecule has 0 amide bonds. The zero-order valence-electron chi connectivity index (χ0n) is 12.1. The molecule has 0 aliphatic heterocycles. The van der Waals surface area contributed by atoms with Crippen molar-refractivity contribution in [2.24, 2.45) is 0 Å². The van der Waals surface area contributed by atoms with Crippen LogP contribution in [0, 0.1) is 6.92 Å². The molecule has 0 spiro atoms. The normalized spacial score (nSPS) is 10.8. The van der Waals surface area contributed by atoms with Crippen molar-refractivity contribution in [1.29, 1.82) is 0 Å². The molecule has 2 rings (SSSR count). The Morgan fingerprint density at radius 3 is 2.90 bits per heavy atom. The third-order valence-corrected chi connectivity index (χ3v) is 3.44. The predicted molar refractivity (Wildman–Crippen MR) is 81.2 cm³/mol. The molecule has 1 N–H and O–H groups in total. The molecule has 0 saturated heterocycles. The molecule has 0 aliphatic carbocycles. The highest BCUT2D eigenvalue weighted by Crippen LogP contribution is 2.27. The maximum atomic E-state index is 6.22. The molecule has 0 aliphatic rings. The first-order chi connectivity index (χ1) is 9.65. The van der Waals surface area contributed by atoms with Gasteiger partial charge in [0.05, 0.1) is 11.4 Å². The summed E-state index contributed by atoms with van der Waals surface area (Å²) in [4.78, 5) is 0. The second kappa shape index (κ2) is 6.77. The fourth-order valence-electron chi connectivity index (χ4n) is 2.16. The highest BCUT2D eigenvalue weighted by atomic mass is 35.5. The number of hydrogen-bond donors (Lipinski definition) is 1. The first-order valence-corrected chi connectivity index (χ1v) is 7.11. The van der Waals surface area contributed by atoms with E-state index in [0.29, 0.717) is 13.2 Å². The van der Waals surface area contributed by atoms with Gasteiger partial charge < -0.3 is 10.1 Å². The van der Waals surface area contributed by atoms with Crippen molar-refractivity contribution in [1.82, 2.24) is 15.1 Å². The van der Waals surface area contributed by atoms with Gasteiger partial charge in [0, 0.05) is 23.7 Å². The lowest BCUT2D eigenvalue weighted by Gasteiger charge is -2.13. The quantitative estimate of drug-likeness (QED) is 0.889. The van der Waals surface area contributed by atoms with E-state index >= 15 is 0 Å². The number of hydrogen-bond acceptors (Lipinski definition) is 3. The molecule has 108 valence electrons. The van der Waals surface area contributed by atoms with Gasteiger partial charge >= 0.3 is 0 Å². The molecule has 5 heteroatoms. The van der Waals surface area contributed by atoms with Crippen LogP contribution >= 0.6 is 11.6 Å². The summed E-state index contributed by atoms with van der Waals surface area (Å²) in [6.07, 6.45) is 0. The first kappa shape index (κ1) is 14.9. The van der Waals surface area contributed by atoms with Gasteiger partial charge in [0.15, 0.2) is 0 Å². The van der Waals surface area contributed by atoms with Crippen LogP contribution in [0.1, 0.15) is 23.9 Å². The average Bonchev–Trinajstić information content (AvgIpc) is 2.80. The Labute approximate surface area is 124 Å². The fourth-order valence-corrected chi connectivity index (χ4v) is 2.40. The number of rotatable bonds is 6. The van der Waals surface area contributed by atoms with Crippen LogP contribution < -0.4 is 10.1 Å². The maximum Gasteiger partial charge on any atom is 0.130 e. The van der Waals surface area contributed by atoms with Crippen LogP contribution in [-0.4, -0.2) is 16.8 Å². The molecule has 0 saturated carbocycles. The van der Waals surface area contributed by atoms with Gasteiger partial charge in [-0.3, -0.25) is 4.68 Å². The summed E-state index contributed by atoms with van der Waals surface area (Å²) in [5.41, 5.74) is 3.06. The van der Waals surface area contributed by atoms with Gasteiger partial charge in [-0.05, 0) is 39.1 Å². The van der Waals surface area contributed by atoms with Gasteiger partial charge in [0.1, 0.15) is 12.4 Å². The van der Waals surface area contributed by atoms with Crippen molar-refractivity contribution in [3.63, 3.8) is 0 Å². The third-order valence-electron chi connectivity index (χ3n) is 3.09. The van der Waals surface area contributed by atoms with Crippen LogP contribution in [-0.2, 0) is 19.7 Å². The molecule has 1 aromatic carbocycles. The minimum absolute atomic E-state index is 0.492. The lowest BCUT2D eigenvalue weighted by molar-refractivity contribution is 0.289. The second-order valence-corrected chi connectivity index (χ2v) is 5.04. The van der Waals surface area contributed by atoms with Crippen molar-refractivity contribution < 1.29 is 4.74 Å². The van der Waals surface area contributed by atoms with E-state index < -0.39 is 0 Å². The van der Waals surface area contributed by atoms with Gasteiger partial charge in [-0.1, -0.05) is 17.7 Å². The fraction of sp³-hybridized carbons (Fsp3) is 0.400. The number of nitrogens with zero attached hydrogens (tertiary/aromatic N) is 2. The predicted octanol–water partition coefficient (Wildman–Crippen LogP) is 3.16. The molecule has 0 fully saturated rings. The van der Waals surface area contributed by atoms with Crippen molar-refractivity contribution in [2.45, 2.75) is 33.5 Å². The summed E-state index contributed by atoms with van der Waals surface area (Å²) in [6.45, 7) is 6.07. The van der Waals surface area contributed by atoms with Gasteiger partial charge in [-0.15, -0.1) is 0 Å². The van der Waals surface area contributed by atoms with E-state index in [1.165, 1.54) is 0 Å². The topological polar surface area (TPSA) is 39.1 Å². The van der Waals surface area contributed by atoms with Crippen molar-refractivity contribution in [2.75, 3.05) is 7.05 Å². The molecular formula is C15H20ClN3O. The summed E-state index contributed by atoms with van der Waals surface area (Å²) in [6, 6.07) is 7.77. The highest BCUT2D eigenvalue weighted by molar-refractivity contribution is 6.31. The molecule has 0 atom stereocenters. The summed E-state index contributed by atoms with van der Waals surface area (Å²) >= 11 is 6.22. The third kappa shape index (κ3) is 3.32. The second-order valence-electron chi connectivity index (χ2n) is 4.63. The molecule has 2 aromatic rings. The standard InChI is InChI=1S/C15H20ClN3O/c1-4-19-12(8-11(2)18-19)10-20-15-7-5-6-14(16)13(15)9-17-3/h5-8,17H,4,9-10H2,1-3H3. The number of benzene rings is 1. The van der Waals surface area contributed by atoms with Crippen LogP contribution in [0.4, 0.5) is 0 Å². The lowest BCUT2D eigenvalue weighted by atomic mass is 10.2. The maximum absolute atomic E-state index is 6.22. The minimum atomic E-state index is 0.492. The summed E-state index contributed by atoms with van der Waals surface area (Å²) in [5, 5.41) is 8.24. The molecule has 0 bridgehead atoms. The first-order valence-electron chi connectivity index (χ1n) is 6.73. The van der Waals surface area contributed by atoms with Gasteiger partial charge in [-0.2, -0.15) is 5.10 Å². The lowest BCUT2D eigenvalue weighted by Crippen LogP contribution is -2.10. The van der Waals surface area contributed by atoms with Crippen molar-refractivity contribution in [3.05, 3.63) is 46.2 Å². The van der Waals surface area contributed by atoms with Crippen LogP contribution in [0.15, 0.2) is 24.3 Å². The molecule has 1 aromatic heterocycles. The van der Waals surface area contributed by atoms with Crippen LogP contribution in [0.5, 0.6) is 5.75 Å². The number of halogens is 1. The van der Waals surface area contributed by atoms with Crippen molar-refractivity contribution in [3.8, 4) is 5.75 Å². The Hall–Kier alpha value is -1.52. The Balaban J connectivity index is 2.16. The average molecular weight is 294 g/mol. The number of aromatic nitrogens is 2. The summed E-state index contributed by atoms with van der Waals surface area (Å²) < 4.78 is 7.88. The van der Waals surface area contributed by atoms with E-state index in [9.17, 15) is 0 Å². The SMILES string of the molecule is CCn1nc(C)cc1COc1cccc(Cl)c1CNC. The number of aryl methyl sites for hydroxylation is 2. The van der Waals surface area contributed by atoms with E-state index in [2.05, 4.69) is 17.3 Å². The molecule has 1 heterocycles. The smallest absolute Gasteiger partial charge is 0.130 e. The van der Waals surface area contributed by atoms with Crippen LogP contribution in [0.3, 0.4) is 0 Å². The Kier molecular flexibility index (Phi) is 5.04. The Morgan fingerprint density at radius 1 is 1.40 bits per heavy atom. The number of nitrogens with one attached hydrogen (secondary N) is 1. The van der Waals surface area contributed by atoms with Crippen LogP contribution in [0.2, 0.25) is 5.02 Å². The van der Waals surface area contributed by atoms with E-state index in [-0.39, 0.29) is 0 Å². The zero-order chi connectivity index (χ0) is 14.5. The van der Waals surface area contributed by atoms with E-state index in [4.69, 9.17) is 16.3 Å². The van der Waals surface area contributed by atoms with E-state index in [1.807, 2.05) is 42.9 Å². The van der Waals surface area contributed by atoms with E-state index in [0.717, 1.165) is 34.3 Å². The number of ether oxygens (including phenoxy) is 1. The molecule has 0 unspecified atom stereocenters. The molecule has 20 heavy (non-hydrogen) atoms. The largest absolute Gasteiger partial charge is 0.487 e. The van der Waals surface area contributed by atoms with Gasteiger partial charge in [-0.25, -0.2) is 0 Å². The van der Waals surface area contributed by atoms with E-state index in [1.54, 1.807) is 0 Å².